The minimum atomic E-state index is -0.153. The standard InChI is InChI=1S/C5H9Cl2.C5H11.Fe.Pd/c1-2-3-4-5(6)7;1-3-5-4-2;;/h5H,1-4H2;1,3-5H2,2H3;;. The number of rotatable bonds is 9. The predicted molar refractivity (Wildman–Crippen MR) is 58.5 cm³/mol. The number of hydrogen-bond acceptors (Lipinski definition) is 0. The Balaban J connectivity index is 0. The van der Waals surface area contributed by atoms with Gasteiger partial charge in [0, 0.05) is 20.4 Å². The molecule has 0 saturated carbocycles. The third kappa shape index (κ3) is 16.2. The quantitative estimate of drug-likeness (QED) is 0.301. The first-order valence-electron chi connectivity index (χ1n) is 5.05. The summed E-state index contributed by atoms with van der Waals surface area (Å²) in [6, 6.07) is 0. The second-order valence-corrected chi connectivity index (χ2v) is 6.06. The molecule has 0 bridgehead atoms. The van der Waals surface area contributed by atoms with E-state index in [0.717, 1.165) is 6.42 Å². The Labute approximate surface area is 119 Å². The van der Waals surface area contributed by atoms with Crippen molar-refractivity contribution in [2.75, 3.05) is 0 Å². The van der Waals surface area contributed by atoms with Gasteiger partial charge in [0.25, 0.3) is 0 Å². The van der Waals surface area contributed by atoms with Crippen molar-refractivity contribution < 1.29 is 35.4 Å². The first kappa shape index (κ1) is 18.1. The van der Waals surface area contributed by atoms with Crippen LogP contribution in [0.25, 0.3) is 0 Å². The average molecular weight is 373 g/mol. The topological polar surface area (TPSA) is 0 Å². The fraction of sp³-hybridized carbons (Fsp3) is 1.00. The maximum absolute atomic E-state index is 5.62. The molecule has 0 amide bonds. The second kappa shape index (κ2) is 14.8. The molecule has 0 aromatic carbocycles. The molecule has 0 aromatic heterocycles. The van der Waals surface area contributed by atoms with Crippen molar-refractivity contribution in [3.8, 4) is 0 Å². The molecular weight excluding hydrogens is 353 g/mol. The van der Waals surface area contributed by atoms with Gasteiger partial charge in [0.15, 0.2) is 0 Å². The SMILES string of the molecule is CCCC[CH2][Fe][CH2]CCCC(Cl)Cl.[Pd]. The zero-order valence-electron chi connectivity index (χ0n) is 8.66. The van der Waals surface area contributed by atoms with Crippen molar-refractivity contribution in [1.29, 1.82) is 0 Å². The van der Waals surface area contributed by atoms with E-state index >= 15 is 0 Å². The Kier molecular flexibility index (Phi) is 19.1. The van der Waals surface area contributed by atoms with Crippen molar-refractivity contribution in [3.05, 3.63) is 0 Å². The summed E-state index contributed by atoms with van der Waals surface area (Å²) in [5, 5.41) is 2.75. The Hall–Kier alpha value is 1.76. The van der Waals surface area contributed by atoms with Gasteiger partial charge in [0.1, 0.15) is 0 Å². The smallest absolute Gasteiger partial charge is 0 e. The number of hydrogen-bond donors (Lipinski definition) is 0. The van der Waals surface area contributed by atoms with Crippen LogP contribution < -0.4 is 0 Å². The fourth-order valence-electron chi connectivity index (χ4n) is 0.991. The van der Waals surface area contributed by atoms with Gasteiger partial charge >= 0.3 is 99.1 Å². The molecule has 92 valence electrons. The third-order valence-corrected chi connectivity index (χ3v) is 3.77. The monoisotopic (exact) mass is 372 g/mol. The van der Waals surface area contributed by atoms with Gasteiger partial charge in [-0.25, -0.2) is 0 Å². The molecule has 0 unspecified atom stereocenters. The van der Waals surface area contributed by atoms with Crippen LogP contribution >= 0.6 is 23.2 Å². The molecule has 0 aliphatic rings. The van der Waals surface area contributed by atoms with Gasteiger partial charge < -0.3 is 0 Å². The molecule has 0 spiro atoms. The number of unbranched alkanes of at least 4 members (excludes halogenated alkanes) is 3. The molecule has 0 nitrogen and oxygen atoms in total. The summed E-state index contributed by atoms with van der Waals surface area (Å²) < 4.78 is 0. The zero-order valence-corrected chi connectivity index (χ0v) is 12.8. The Bertz CT molecular complexity index is 102. The van der Waals surface area contributed by atoms with Crippen LogP contribution in [0.1, 0.15) is 45.4 Å². The summed E-state index contributed by atoms with van der Waals surface area (Å²) in [6.07, 6.45) is 7.57. The van der Waals surface area contributed by atoms with Gasteiger partial charge in [0.05, 0.1) is 0 Å². The minimum absolute atomic E-state index is 0. The summed E-state index contributed by atoms with van der Waals surface area (Å²) in [4.78, 5) is -0.153. The first-order chi connectivity index (χ1) is 6.27. The molecule has 4 heteroatoms. The summed E-state index contributed by atoms with van der Waals surface area (Å²) in [7, 11) is 0. The zero-order chi connectivity index (χ0) is 9.94. The van der Waals surface area contributed by atoms with Crippen molar-refractivity contribution in [2.45, 2.75) is 60.9 Å². The molecule has 0 heterocycles. The van der Waals surface area contributed by atoms with Crippen molar-refractivity contribution in [1.82, 2.24) is 0 Å². The molecule has 0 atom stereocenters. The van der Waals surface area contributed by atoms with E-state index in [2.05, 4.69) is 6.92 Å². The second-order valence-electron chi connectivity index (χ2n) is 3.12. The maximum Gasteiger partial charge on any atom is 0 e. The van der Waals surface area contributed by atoms with Crippen molar-refractivity contribution >= 4 is 23.2 Å². The number of halogens is 2. The molecule has 0 N–H and O–H groups in total. The van der Waals surface area contributed by atoms with Gasteiger partial charge in [-0.15, -0.1) is 0 Å². The predicted octanol–water partition coefficient (Wildman–Crippen LogP) is 5.07. The average Bonchev–Trinajstić information content (AvgIpc) is 2.09. The Morgan fingerprint density at radius 3 is 2.07 bits per heavy atom. The molecule has 0 radical (unpaired) electrons. The van der Waals surface area contributed by atoms with Gasteiger partial charge in [0.2, 0.25) is 0 Å². The molecule has 0 aliphatic carbocycles. The van der Waals surface area contributed by atoms with Gasteiger partial charge in [-0.2, -0.15) is 0 Å². The van der Waals surface area contributed by atoms with E-state index in [1.807, 2.05) is 0 Å². The van der Waals surface area contributed by atoms with E-state index in [-0.39, 0.29) is 25.3 Å². The van der Waals surface area contributed by atoms with Crippen LogP contribution in [-0.2, 0) is 35.4 Å². The van der Waals surface area contributed by atoms with E-state index in [1.165, 1.54) is 57.7 Å². The van der Waals surface area contributed by atoms with E-state index in [1.54, 1.807) is 0 Å². The van der Waals surface area contributed by atoms with E-state index in [0.29, 0.717) is 0 Å². The minimum Gasteiger partial charge on any atom is 0 e. The van der Waals surface area contributed by atoms with Crippen LogP contribution in [-0.4, -0.2) is 4.84 Å². The molecule has 0 aliphatic heterocycles. The molecular formula is C10H20Cl2FePd. The van der Waals surface area contributed by atoms with E-state index < -0.39 is 0 Å². The summed E-state index contributed by atoms with van der Waals surface area (Å²) in [5.74, 6) is 0. The maximum atomic E-state index is 5.62. The van der Waals surface area contributed by atoms with E-state index in [4.69, 9.17) is 23.2 Å². The van der Waals surface area contributed by atoms with Crippen LogP contribution in [0.3, 0.4) is 0 Å². The normalized spacial score (nSPS) is 10.6. The number of alkyl halides is 2. The third-order valence-electron chi connectivity index (χ3n) is 1.78. The van der Waals surface area contributed by atoms with Gasteiger partial charge in [-0.1, -0.05) is 0 Å². The Morgan fingerprint density at radius 2 is 1.57 bits per heavy atom. The Morgan fingerprint density at radius 1 is 1.00 bits per heavy atom. The van der Waals surface area contributed by atoms with Crippen LogP contribution in [0, 0.1) is 0 Å². The summed E-state index contributed by atoms with van der Waals surface area (Å²) in [6.45, 7) is 2.25. The molecule has 0 aromatic rings. The van der Waals surface area contributed by atoms with Gasteiger partial charge in [-0.05, 0) is 0 Å². The molecule has 0 saturated heterocycles. The fourth-order valence-corrected chi connectivity index (χ4v) is 2.68. The van der Waals surface area contributed by atoms with Crippen molar-refractivity contribution in [3.63, 3.8) is 0 Å². The largest absolute Gasteiger partial charge is 0 e. The van der Waals surface area contributed by atoms with Gasteiger partial charge in [-0.3, -0.25) is 0 Å². The van der Waals surface area contributed by atoms with Crippen molar-refractivity contribution in [2.24, 2.45) is 0 Å². The van der Waals surface area contributed by atoms with Crippen LogP contribution in [0.4, 0.5) is 0 Å². The summed E-state index contributed by atoms with van der Waals surface area (Å²) >= 11 is 12.6. The van der Waals surface area contributed by atoms with Crippen LogP contribution in [0.5, 0.6) is 0 Å². The molecule has 14 heavy (non-hydrogen) atoms. The molecule has 0 rings (SSSR count). The van der Waals surface area contributed by atoms with E-state index in [9.17, 15) is 0 Å². The van der Waals surface area contributed by atoms with Crippen LogP contribution in [0.2, 0.25) is 10.6 Å². The first-order valence-corrected chi connectivity index (χ1v) is 7.49. The van der Waals surface area contributed by atoms with Crippen LogP contribution in [0.15, 0.2) is 0 Å². The summed E-state index contributed by atoms with van der Waals surface area (Å²) in [5.41, 5.74) is 0. The molecule has 0 fully saturated rings.